The summed E-state index contributed by atoms with van der Waals surface area (Å²) in [5.41, 5.74) is 6.83. The summed E-state index contributed by atoms with van der Waals surface area (Å²) in [6.07, 6.45) is 1.96. The quantitative estimate of drug-likeness (QED) is 0.852. The fourth-order valence-electron chi connectivity index (χ4n) is 1.91. The number of aromatic nitrogens is 2. The Morgan fingerprint density at radius 2 is 2.18 bits per heavy atom. The Balaban J connectivity index is 2.58. The zero-order valence-corrected chi connectivity index (χ0v) is 11.5. The Hall–Kier alpha value is -0.910. The first-order valence-electron chi connectivity index (χ1n) is 5.47. The third kappa shape index (κ3) is 2.68. The van der Waals surface area contributed by atoms with E-state index in [9.17, 15) is 5.11 Å². The maximum absolute atomic E-state index is 9.89. The van der Waals surface area contributed by atoms with Crippen molar-refractivity contribution in [2.75, 3.05) is 0 Å². The van der Waals surface area contributed by atoms with Gasteiger partial charge in [-0.2, -0.15) is 0 Å². The summed E-state index contributed by atoms with van der Waals surface area (Å²) in [7, 11) is 0. The monoisotopic (exact) mass is 297 g/mol. The van der Waals surface area contributed by atoms with Crippen molar-refractivity contribution in [3.05, 3.63) is 28.5 Å². The third-order valence-corrected chi connectivity index (χ3v) is 2.99. The minimum atomic E-state index is -0.776. The molecule has 92 valence electrons. The average Bonchev–Trinajstić information content (AvgIpc) is 2.54. The molecule has 2 heterocycles. The van der Waals surface area contributed by atoms with E-state index in [1.807, 2.05) is 22.9 Å². The largest absolute Gasteiger partial charge is 0.389 e. The topological polar surface area (TPSA) is 64.1 Å². The number of aliphatic hydroxyl groups is 1. The molecule has 2 aromatic rings. The molecule has 0 aliphatic heterocycles. The highest BCUT2D eigenvalue weighted by molar-refractivity contribution is 9.10. The molecule has 0 radical (unpaired) electrons. The number of pyridine rings is 1. The SMILES string of the molecule is CC(C)(O)Cn1cc(CN)c2ccc(Br)nc21. The molecule has 0 spiro atoms. The molecule has 4 nitrogen and oxygen atoms in total. The van der Waals surface area contributed by atoms with E-state index < -0.39 is 5.60 Å². The molecule has 0 saturated heterocycles. The molecule has 0 unspecified atom stereocenters. The summed E-state index contributed by atoms with van der Waals surface area (Å²) in [6.45, 7) is 4.52. The molecule has 0 bridgehead atoms. The summed E-state index contributed by atoms with van der Waals surface area (Å²) in [4.78, 5) is 4.44. The van der Waals surface area contributed by atoms with E-state index in [1.165, 1.54) is 0 Å². The van der Waals surface area contributed by atoms with Crippen LogP contribution in [0.15, 0.2) is 22.9 Å². The van der Waals surface area contributed by atoms with Crippen molar-refractivity contribution in [2.24, 2.45) is 5.73 Å². The number of halogens is 1. The molecule has 0 aliphatic rings. The van der Waals surface area contributed by atoms with Crippen LogP contribution in [0.4, 0.5) is 0 Å². The van der Waals surface area contributed by atoms with Crippen LogP contribution in [-0.2, 0) is 13.1 Å². The number of fused-ring (bicyclic) bond motifs is 1. The van der Waals surface area contributed by atoms with Gasteiger partial charge in [0.05, 0.1) is 12.1 Å². The van der Waals surface area contributed by atoms with Crippen LogP contribution in [0, 0.1) is 0 Å². The van der Waals surface area contributed by atoms with Gasteiger partial charge in [-0.05, 0) is 47.5 Å². The predicted molar refractivity (Wildman–Crippen MR) is 71.6 cm³/mol. The van der Waals surface area contributed by atoms with Crippen LogP contribution in [0.5, 0.6) is 0 Å². The van der Waals surface area contributed by atoms with Gasteiger partial charge in [0.15, 0.2) is 0 Å². The van der Waals surface area contributed by atoms with Crippen molar-refractivity contribution in [2.45, 2.75) is 32.5 Å². The first-order chi connectivity index (χ1) is 7.90. The molecule has 0 aromatic carbocycles. The Labute approximate surface area is 109 Å². The van der Waals surface area contributed by atoms with Crippen LogP contribution in [0.2, 0.25) is 0 Å². The van der Waals surface area contributed by atoms with Crippen LogP contribution >= 0.6 is 15.9 Å². The lowest BCUT2D eigenvalue weighted by molar-refractivity contribution is 0.0626. The van der Waals surface area contributed by atoms with Crippen molar-refractivity contribution >= 4 is 27.0 Å². The maximum atomic E-state index is 9.89. The fraction of sp³-hybridized carbons (Fsp3) is 0.417. The van der Waals surface area contributed by atoms with Crippen LogP contribution in [0.3, 0.4) is 0 Å². The van der Waals surface area contributed by atoms with Gasteiger partial charge in [0.1, 0.15) is 10.3 Å². The number of rotatable bonds is 3. The molecule has 2 aromatic heterocycles. The lowest BCUT2D eigenvalue weighted by Gasteiger charge is -2.18. The van der Waals surface area contributed by atoms with Crippen molar-refractivity contribution in [3.63, 3.8) is 0 Å². The van der Waals surface area contributed by atoms with Gasteiger partial charge in [-0.3, -0.25) is 0 Å². The van der Waals surface area contributed by atoms with Crippen molar-refractivity contribution in [3.8, 4) is 0 Å². The van der Waals surface area contributed by atoms with Gasteiger partial charge >= 0.3 is 0 Å². The van der Waals surface area contributed by atoms with Gasteiger partial charge in [0, 0.05) is 18.1 Å². The molecule has 0 fully saturated rings. The van der Waals surface area contributed by atoms with E-state index >= 15 is 0 Å². The molecule has 0 amide bonds. The third-order valence-electron chi connectivity index (χ3n) is 2.55. The Bertz CT molecular complexity index is 542. The molecule has 17 heavy (non-hydrogen) atoms. The summed E-state index contributed by atoms with van der Waals surface area (Å²) in [5.74, 6) is 0. The van der Waals surface area contributed by atoms with E-state index in [1.54, 1.807) is 13.8 Å². The zero-order chi connectivity index (χ0) is 12.6. The molecule has 0 atom stereocenters. The van der Waals surface area contributed by atoms with Gasteiger partial charge in [0.2, 0.25) is 0 Å². The second kappa shape index (κ2) is 4.40. The van der Waals surface area contributed by atoms with Gasteiger partial charge in [-0.15, -0.1) is 0 Å². The average molecular weight is 298 g/mol. The smallest absolute Gasteiger partial charge is 0.141 e. The Kier molecular flexibility index (Phi) is 3.25. The van der Waals surface area contributed by atoms with E-state index in [2.05, 4.69) is 20.9 Å². The number of hydrogen-bond acceptors (Lipinski definition) is 3. The summed E-state index contributed by atoms with van der Waals surface area (Å²) < 4.78 is 2.73. The van der Waals surface area contributed by atoms with Crippen LogP contribution < -0.4 is 5.73 Å². The molecule has 0 aliphatic carbocycles. The van der Waals surface area contributed by atoms with E-state index in [-0.39, 0.29) is 0 Å². The van der Waals surface area contributed by atoms with E-state index in [4.69, 9.17) is 5.73 Å². The zero-order valence-electron chi connectivity index (χ0n) is 9.94. The lowest BCUT2D eigenvalue weighted by atomic mass is 10.1. The molecular formula is C12H16BrN3O. The summed E-state index contributed by atoms with van der Waals surface area (Å²) in [5, 5.41) is 10.9. The molecular weight excluding hydrogens is 282 g/mol. The number of nitrogens with zero attached hydrogens (tertiary/aromatic N) is 2. The molecule has 5 heteroatoms. The fourth-order valence-corrected chi connectivity index (χ4v) is 2.21. The normalized spacial score (nSPS) is 12.3. The molecule has 0 saturated carbocycles. The van der Waals surface area contributed by atoms with Gasteiger partial charge in [-0.25, -0.2) is 4.98 Å². The second-order valence-corrected chi connectivity index (χ2v) is 5.62. The summed E-state index contributed by atoms with van der Waals surface area (Å²) in [6, 6.07) is 3.89. The predicted octanol–water partition coefficient (Wildman–Crippen LogP) is 2.03. The first-order valence-corrected chi connectivity index (χ1v) is 6.27. The van der Waals surface area contributed by atoms with Gasteiger partial charge < -0.3 is 15.4 Å². The van der Waals surface area contributed by atoms with Crippen molar-refractivity contribution < 1.29 is 5.11 Å². The standard InChI is InChI=1S/C12H16BrN3O/c1-12(2,17)7-16-6-8(5-14)9-3-4-10(13)15-11(9)16/h3-4,6,17H,5,7,14H2,1-2H3. The van der Waals surface area contributed by atoms with Crippen molar-refractivity contribution in [1.29, 1.82) is 0 Å². The summed E-state index contributed by atoms with van der Waals surface area (Å²) >= 11 is 3.36. The van der Waals surface area contributed by atoms with Crippen LogP contribution in [0.1, 0.15) is 19.4 Å². The Morgan fingerprint density at radius 3 is 2.76 bits per heavy atom. The minimum Gasteiger partial charge on any atom is -0.389 e. The van der Waals surface area contributed by atoms with E-state index in [0.717, 1.165) is 21.2 Å². The van der Waals surface area contributed by atoms with E-state index in [0.29, 0.717) is 13.1 Å². The maximum Gasteiger partial charge on any atom is 0.141 e. The highest BCUT2D eigenvalue weighted by Crippen LogP contribution is 2.23. The van der Waals surface area contributed by atoms with Crippen LogP contribution in [0.25, 0.3) is 11.0 Å². The van der Waals surface area contributed by atoms with Crippen molar-refractivity contribution in [1.82, 2.24) is 9.55 Å². The highest BCUT2D eigenvalue weighted by atomic mass is 79.9. The minimum absolute atomic E-state index is 0.471. The second-order valence-electron chi connectivity index (χ2n) is 4.80. The molecule has 3 N–H and O–H groups in total. The lowest BCUT2D eigenvalue weighted by Crippen LogP contribution is -2.25. The van der Waals surface area contributed by atoms with Gasteiger partial charge in [-0.1, -0.05) is 0 Å². The number of nitrogens with two attached hydrogens (primary N) is 1. The highest BCUT2D eigenvalue weighted by Gasteiger charge is 2.17. The molecule has 2 rings (SSSR count). The first kappa shape index (κ1) is 12.5. The van der Waals surface area contributed by atoms with Crippen LogP contribution in [-0.4, -0.2) is 20.3 Å². The Morgan fingerprint density at radius 1 is 1.47 bits per heavy atom. The number of hydrogen-bond donors (Lipinski definition) is 2. The van der Waals surface area contributed by atoms with Gasteiger partial charge in [0.25, 0.3) is 0 Å².